The van der Waals surface area contributed by atoms with Crippen molar-refractivity contribution in [2.75, 3.05) is 19.3 Å². The Hall–Kier alpha value is -1.62. The number of carbonyl (C=O) groups is 1. The summed E-state index contributed by atoms with van der Waals surface area (Å²) in [4.78, 5) is 18.1. The van der Waals surface area contributed by atoms with Crippen molar-refractivity contribution in [2.45, 2.75) is 31.8 Å². The molecule has 5 heteroatoms. The number of nitrogens with two attached hydrogens (primary N) is 1. The van der Waals surface area contributed by atoms with Gasteiger partial charge in [-0.2, -0.15) is 0 Å². The number of rotatable bonds is 3. The van der Waals surface area contributed by atoms with Gasteiger partial charge >= 0.3 is 0 Å². The van der Waals surface area contributed by atoms with Gasteiger partial charge in [-0.1, -0.05) is 12.5 Å². The molecule has 3 N–H and O–H groups in total. The van der Waals surface area contributed by atoms with Gasteiger partial charge in [0.05, 0.1) is 6.04 Å². The smallest absolute Gasteiger partial charge is 0.237 e. The normalized spacial score (nSPS) is 20.6. The van der Waals surface area contributed by atoms with E-state index in [-0.39, 0.29) is 11.9 Å². The predicted octanol–water partition coefficient (Wildman–Crippen LogP) is 0.764. The van der Waals surface area contributed by atoms with Crippen LogP contribution in [-0.4, -0.2) is 35.4 Å². The van der Waals surface area contributed by atoms with Crippen LogP contribution >= 0.6 is 0 Å². The lowest BCUT2D eigenvalue weighted by molar-refractivity contribution is -0.127. The molecule has 98 valence electrons. The van der Waals surface area contributed by atoms with Crippen LogP contribution in [0.25, 0.3) is 0 Å². The first-order valence-corrected chi connectivity index (χ1v) is 6.37. The third-order valence-corrected chi connectivity index (χ3v) is 3.40. The minimum atomic E-state index is -0.0127. The van der Waals surface area contributed by atoms with Crippen molar-refractivity contribution in [2.24, 2.45) is 0 Å². The Bertz CT molecular complexity index is 404. The largest absolute Gasteiger partial charge is 0.384 e. The van der Waals surface area contributed by atoms with Crippen LogP contribution < -0.4 is 11.1 Å². The van der Waals surface area contributed by atoms with E-state index in [1.807, 2.05) is 6.07 Å². The molecule has 1 aliphatic heterocycles. The highest BCUT2D eigenvalue weighted by molar-refractivity contribution is 5.81. The Kier molecular flexibility index (Phi) is 4.15. The van der Waals surface area contributed by atoms with Crippen LogP contribution in [0.4, 0.5) is 5.82 Å². The first-order valence-electron chi connectivity index (χ1n) is 6.37. The second-order valence-electron chi connectivity index (χ2n) is 4.69. The van der Waals surface area contributed by atoms with Gasteiger partial charge in [-0.05, 0) is 31.0 Å². The molecule has 0 spiro atoms. The number of pyridine rings is 1. The monoisotopic (exact) mass is 248 g/mol. The van der Waals surface area contributed by atoms with E-state index in [9.17, 15) is 4.79 Å². The number of anilines is 1. The van der Waals surface area contributed by atoms with E-state index in [1.165, 1.54) is 0 Å². The van der Waals surface area contributed by atoms with E-state index < -0.39 is 0 Å². The van der Waals surface area contributed by atoms with Gasteiger partial charge in [0, 0.05) is 19.8 Å². The molecular weight excluding hydrogens is 228 g/mol. The first kappa shape index (κ1) is 12.8. The van der Waals surface area contributed by atoms with Crippen LogP contribution in [0.15, 0.2) is 18.3 Å². The molecule has 0 aromatic carbocycles. The lowest BCUT2D eigenvalue weighted by Crippen LogP contribution is -2.48. The highest BCUT2D eigenvalue weighted by Gasteiger charge is 2.27. The zero-order valence-corrected chi connectivity index (χ0v) is 10.7. The van der Waals surface area contributed by atoms with Gasteiger partial charge in [0.2, 0.25) is 5.91 Å². The van der Waals surface area contributed by atoms with Gasteiger partial charge in [0.15, 0.2) is 0 Å². The maximum atomic E-state index is 11.8. The number of aromatic nitrogens is 1. The molecule has 0 bridgehead atoms. The molecule has 1 aromatic heterocycles. The third-order valence-electron chi connectivity index (χ3n) is 3.40. The molecule has 0 radical (unpaired) electrons. The molecule has 1 unspecified atom stereocenters. The Morgan fingerprint density at radius 2 is 2.39 bits per heavy atom. The van der Waals surface area contributed by atoms with Crippen molar-refractivity contribution in [3.8, 4) is 0 Å². The van der Waals surface area contributed by atoms with Crippen molar-refractivity contribution < 1.29 is 4.79 Å². The van der Waals surface area contributed by atoms with Gasteiger partial charge < -0.3 is 11.1 Å². The molecule has 1 fully saturated rings. The average Bonchev–Trinajstić information content (AvgIpc) is 2.41. The van der Waals surface area contributed by atoms with Crippen molar-refractivity contribution in [3.05, 3.63) is 23.9 Å². The first-order chi connectivity index (χ1) is 8.70. The standard InChI is InChI=1S/C13H20N4O/c1-15-13(18)11-4-2-3-7-17(11)9-10-5-6-12(14)16-8-10/h5-6,8,11H,2-4,7,9H2,1H3,(H2,14,16)(H,15,18). The van der Waals surface area contributed by atoms with E-state index >= 15 is 0 Å². The van der Waals surface area contributed by atoms with E-state index in [1.54, 1.807) is 19.3 Å². The van der Waals surface area contributed by atoms with E-state index in [0.717, 1.165) is 37.9 Å². The number of hydrogen-bond acceptors (Lipinski definition) is 4. The van der Waals surface area contributed by atoms with Crippen molar-refractivity contribution in [3.63, 3.8) is 0 Å². The van der Waals surface area contributed by atoms with Crippen molar-refractivity contribution in [1.82, 2.24) is 15.2 Å². The fourth-order valence-corrected chi connectivity index (χ4v) is 2.41. The van der Waals surface area contributed by atoms with Crippen LogP contribution in [0.3, 0.4) is 0 Å². The SMILES string of the molecule is CNC(=O)C1CCCCN1Cc1ccc(N)nc1. The summed E-state index contributed by atoms with van der Waals surface area (Å²) in [6, 6.07) is 3.76. The number of hydrogen-bond donors (Lipinski definition) is 2. The molecule has 1 aliphatic rings. The summed E-state index contributed by atoms with van der Waals surface area (Å²) in [6.45, 7) is 1.72. The summed E-state index contributed by atoms with van der Waals surface area (Å²) < 4.78 is 0. The molecule has 0 aliphatic carbocycles. The number of nitrogens with one attached hydrogen (secondary N) is 1. The highest BCUT2D eigenvalue weighted by Crippen LogP contribution is 2.19. The number of piperidine rings is 1. The number of nitrogen functional groups attached to an aromatic ring is 1. The summed E-state index contributed by atoms with van der Waals surface area (Å²) in [5.41, 5.74) is 6.67. The molecule has 1 atom stereocenters. The Labute approximate surface area is 107 Å². The van der Waals surface area contributed by atoms with Crippen molar-refractivity contribution >= 4 is 11.7 Å². The summed E-state index contributed by atoms with van der Waals surface area (Å²) >= 11 is 0. The van der Waals surface area contributed by atoms with Crippen molar-refractivity contribution in [1.29, 1.82) is 0 Å². The highest BCUT2D eigenvalue weighted by atomic mass is 16.2. The van der Waals surface area contributed by atoms with E-state index in [0.29, 0.717) is 5.82 Å². The van der Waals surface area contributed by atoms with Crippen LogP contribution in [0.1, 0.15) is 24.8 Å². The second kappa shape index (κ2) is 5.82. The topological polar surface area (TPSA) is 71.2 Å². The molecule has 1 amide bonds. The van der Waals surface area contributed by atoms with Gasteiger partial charge in [0.1, 0.15) is 5.82 Å². The summed E-state index contributed by atoms with van der Waals surface area (Å²) in [6.07, 6.45) is 4.98. The minimum absolute atomic E-state index is 0.0127. The molecule has 2 heterocycles. The lowest BCUT2D eigenvalue weighted by atomic mass is 10.0. The molecule has 1 saturated heterocycles. The van der Waals surface area contributed by atoms with Crippen LogP contribution in [0.2, 0.25) is 0 Å². The van der Waals surface area contributed by atoms with Crippen LogP contribution in [0.5, 0.6) is 0 Å². The van der Waals surface area contributed by atoms with Gasteiger partial charge in [0.25, 0.3) is 0 Å². The number of amides is 1. The second-order valence-corrected chi connectivity index (χ2v) is 4.69. The maximum absolute atomic E-state index is 11.8. The summed E-state index contributed by atoms with van der Waals surface area (Å²) in [5, 5.41) is 2.74. The lowest BCUT2D eigenvalue weighted by Gasteiger charge is -2.34. The minimum Gasteiger partial charge on any atom is -0.384 e. The zero-order valence-electron chi connectivity index (χ0n) is 10.7. The third kappa shape index (κ3) is 2.98. The quantitative estimate of drug-likeness (QED) is 0.828. The number of nitrogens with zero attached hydrogens (tertiary/aromatic N) is 2. The molecular formula is C13H20N4O. The average molecular weight is 248 g/mol. The zero-order chi connectivity index (χ0) is 13.0. The van der Waals surface area contributed by atoms with Crippen LogP contribution in [-0.2, 0) is 11.3 Å². The molecule has 1 aromatic rings. The number of carbonyl (C=O) groups excluding carboxylic acids is 1. The Balaban J connectivity index is 2.05. The van der Waals surface area contributed by atoms with Gasteiger partial charge in [-0.15, -0.1) is 0 Å². The van der Waals surface area contributed by atoms with E-state index in [4.69, 9.17) is 5.73 Å². The fraction of sp³-hybridized carbons (Fsp3) is 0.538. The number of likely N-dealkylation sites (tertiary alicyclic amines) is 1. The Morgan fingerprint density at radius 1 is 1.56 bits per heavy atom. The molecule has 2 rings (SSSR count). The fourth-order valence-electron chi connectivity index (χ4n) is 2.41. The molecule has 5 nitrogen and oxygen atoms in total. The van der Waals surface area contributed by atoms with Gasteiger partial charge in [-0.3, -0.25) is 9.69 Å². The van der Waals surface area contributed by atoms with Crippen LogP contribution in [0, 0.1) is 0 Å². The molecule has 18 heavy (non-hydrogen) atoms. The van der Waals surface area contributed by atoms with E-state index in [2.05, 4.69) is 15.2 Å². The number of likely N-dealkylation sites (N-methyl/N-ethyl adjacent to an activating group) is 1. The summed E-state index contributed by atoms with van der Waals surface area (Å²) in [5.74, 6) is 0.637. The van der Waals surface area contributed by atoms with Gasteiger partial charge in [-0.25, -0.2) is 4.98 Å². The Morgan fingerprint density at radius 3 is 3.06 bits per heavy atom. The molecule has 0 saturated carbocycles. The maximum Gasteiger partial charge on any atom is 0.237 e. The predicted molar refractivity (Wildman–Crippen MR) is 70.8 cm³/mol. The summed E-state index contributed by atoms with van der Waals surface area (Å²) in [7, 11) is 1.69.